The van der Waals surface area contributed by atoms with Crippen LogP contribution in [0.1, 0.15) is 99.8 Å². The number of hydrogen-bond donors (Lipinski definition) is 0. The maximum absolute atomic E-state index is 6.60. The molecule has 27 heavy (non-hydrogen) atoms. The number of nitrogens with zero attached hydrogens (tertiary/aromatic N) is 1. The molecule has 0 aliphatic heterocycles. The lowest BCUT2D eigenvalue weighted by Crippen LogP contribution is -2.64. The van der Waals surface area contributed by atoms with Crippen LogP contribution in [0.5, 0.6) is 0 Å². The van der Waals surface area contributed by atoms with E-state index in [4.69, 9.17) is 9.47 Å². The molecule has 0 aromatic heterocycles. The second kappa shape index (κ2) is 14.6. The third kappa shape index (κ3) is 6.58. The van der Waals surface area contributed by atoms with Crippen molar-refractivity contribution < 1.29 is 9.47 Å². The molecule has 0 aromatic rings. The van der Waals surface area contributed by atoms with Gasteiger partial charge in [-0.15, -0.1) is 6.58 Å². The summed E-state index contributed by atoms with van der Waals surface area (Å²) < 4.78 is 13.2. The Labute approximate surface area is 170 Å². The normalized spacial score (nSPS) is 13.9. The Kier molecular flexibility index (Phi) is 14.4. The van der Waals surface area contributed by atoms with Crippen LogP contribution in [0.15, 0.2) is 12.7 Å². The van der Waals surface area contributed by atoms with Crippen molar-refractivity contribution in [3.8, 4) is 0 Å². The van der Waals surface area contributed by atoms with Crippen LogP contribution in [0.25, 0.3) is 0 Å². The lowest BCUT2D eigenvalue weighted by atomic mass is 9.69. The molecule has 0 bridgehead atoms. The number of rotatable bonds is 18. The smallest absolute Gasteiger partial charge is 0.192 e. The molecular weight excluding hydrogens is 334 g/mol. The van der Waals surface area contributed by atoms with Gasteiger partial charge >= 0.3 is 0 Å². The van der Waals surface area contributed by atoms with Gasteiger partial charge in [0, 0.05) is 18.6 Å². The number of likely N-dealkylation sites (N-methyl/N-ethyl adjacent to an activating group) is 1. The minimum Gasteiger partial charge on any atom is -0.348 e. The topological polar surface area (TPSA) is 21.7 Å². The summed E-state index contributed by atoms with van der Waals surface area (Å²) in [6.45, 7) is 23.0. The summed E-state index contributed by atoms with van der Waals surface area (Å²) in [7, 11) is 0. The van der Waals surface area contributed by atoms with Gasteiger partial charge in [-0.25, -0.2) is 0 Å². The quantitative estimate of drug-likeness (QED) is 0.147. The third-order valence-electron chi connectivity index (χ3n) is 6.34. The van der Waals surface area contributed by atoms with Gasteiger partial charge in [0.1, 0.15) is 0 Å². The summed E-state index contributed by atoms with van der Waals surface area (Å²) in [5.74, 6) is -0.640. The Hall–Kier alpha value is -0.380. The highest BCUT2D eigenvalue weighted by Crippen LogP contribution is 2.48. The lowest BCUT2D eigenvalue weighted by molar-refractivity contribution is -0.317. The molecular formula is C24H49NO2. The van der Waals surface area contributed by atoms with E-state index in [0.29, 0.717) is 13.2 Å². The van der Waals surface area contributed by atoms with Crippen LogP contribution in [0.4, 0.5) is 0 Å². The predicted molar refractivity (Wildman–Crippen MR) is 119 cm³/mol. The minimum absolute atomic E-state index is 0.185. The van der Waals surface area contributed by atoms with E-state index in [9.17, 15) is 0 Å². The summed E-state index contributed by atoms with van der Waals surface area (Å²) in [6.07, 6.45) is 11.6. The molecule has 3 heteroatoms. The fourth-order valence-corrected chi connectivity index (χ4v) is 4.67. The van der Waals surface area contributed by atoms with Crippen LogP contribution in [0, 0.1) is 5.41 Å². The van der Waals surface area contributed by atoms with Crippen molar-refractivity contribution in [3.63, 3.8) is 0 Å². The van der Waals surface area contributed by atoms with Crippen LogP contribution < -0.4 is 0 Å². The van der Waals surface area contributed by atoms with Crippen molar-refractivity contribution in [1.29, 1.82) is 0 Å². The first-order valence-corrected chi connectivity index (χ1v) is 11.7. The zero-order valence-corrected chi connectivity index (χ0v) is 19.6. The minimum atomic E-state index is -0.640. The fourth-order valence-electron chi connectivity index (χ4n) is 4.67. The van der Waals surface area contributed by atoms with E-state index in [1.807, 2.05) is 0 Å². The van der Waals surface area contributed by atoms with E-state index in [-0.39, 0.29) is 11.5 Å². The first-order valence-electron chi connectivity index (χ1n) is 11.7. The van der Waals surface area contributed by atoms with E-state index in [1.54, 1.807) is 0 Å². The van der Waals surface area contributed by atoms with Gasteiger partial charge in [0.2, 0.25) is 0 Å². The van der Waals surface area contributed by atoms with E-state index in [2.05, 4.69) is 66.0 Å². The summed E-state index contributed by atoms with van der Waals surface area (Å²) in [5, 5.41) is 0. The first-order chi connectivity index (χ1) is 13.0. The Morgan fingerprint density at radius 1 is 0.815 bits per heavy atom. The second-order valence-corrected chi connectivity index (χ2v) is 7.54. The van der Waals surface area contributed by atoms with E-state index < -0.39 is 5.79 Å². The van der Waals surface area contributed by atoms with Gasteiger partial charge < -0.3 is 9.47 Å². The summed E-state index contributed by atoms with van der Waals surface area (Å²) in [5.41, 5.74) is -0.185. The molecule has 0 N–H and O–H groups in total. The van der Waals surface area contributed by atoms with Crippen LogP contribution in [-0.2, 0) is 9.47 Å². The van der Waals surface area contributed by atoms with E-state index >= 15 is 0 Å². The van der Waals surface area contributed by atoms with Crippen molar-refractivity contribution in [2.24, 2.45) is 5.41 Å². The zero-order chi connectivity index (χ0) is 20.8. The van der Waals surface area contributed by atoms with Crippen LogP contribution in [0.3, 0.4) is 0 Å². The summed E-state index contributed by atoms with van der Waals surface area (Å²) >= 11 is 0. The van der Waals surface area contributed by atoms with Crippen molar-refractivity contribution >= 4 is 0 Å². The molecule has 0 aromatic carbocycles. The average Bonchev–Trinajstić information content (AvgIpc) is 2.69. The first kappa shape index (κ1) is 26.6. The molecule has 0 amide bonds. The van der Waals surface area contributed by atoms with Gasteiger partial charge in [0.15, 0.2) is 5.79 Å². The Morgan fingerprint density at radius 3 is 1.70 bits per heavy atom. The molecule has 0 saturated carbocycles. The number of hydrogen-bond acceptors (Lipinski definition) is 3. The largest absolute Gasteiger partial charge is 0.348 e. The average molecular weight is 384 g/mol. The lowest BCUT2D eigenvalue weighted by Gasteiger charge is -2.54. The van der Waals surface area contributed by atoms with Gasteiger partial charge in [-0.1, -0.05) is 72.8 Å². The highest BCUT2D eigenvalue weighted by molar-refractivity contribution is 5.09. The molecule has 0 spiro atoms. The molecule has 162 valence electrons. The predicted octanol–water partition coefficient (Wildman–Crippen LogP) is 6.82. The van der Waals surface area contributed by atoms with Crippen molar-refractivity contribution in [2.75, 3.05) is 26.3 Å². The fraction of sp³-hybridized carbons (Fsp3) is 0.917. The van der Waals surface area contributed by atoms with E-state index in [1.165, 1.54) is 32.1 Å². The maximum atomic E-state index is 6.60. The van der Waals surface area contributed by atoms with Crippen molar-refractivity contribution in [1.82, 2.24) is 4.90 Å². The van der Waals surface area contributed by atoms with Gasteiger partial charge in [-0.05, 0) is 46.2 Å². The number of unbranched alkanes of at least 4 members (excludes halogenated alkanes) is 4. The Bertz CT molecular complexity index is 355. The van der Waals surface area contributed by atoms with E-state index in [0.717, 1.165) is 32.4 Å². The molecule has 0 aliphatic carbocycles. The zero-order valence-electron chi connectivity index (χ0n) is 19.6. The molecule has 0 rings (SSSR count). The Balaban J connectivity index is 6.02. The second-order valence-electron chi connectivity index (χ2n) is 7.54. The van der Waals surface area contributed by atoms with Crippen LogP contribution >= 0.6 is 0 Å². The SMILES string of the molecule is C=CC(CC)(CC)C(OCC)(OCC)C(CCCCCCC)N(CC)CC. The summed E-state index contributed by atoms with van der Waals surface area (Å²) in [6, 6.07) is 0.243. The molecule has 3 nitrogen and oxygen atoms in total. The Morgan fingerprint density at radius 2 is 1.33 bits per heavy atom. The molecule has 0 saturated heterocycles. The van der Waals surface area contributed by atoms with Crippen LogP contribution in [-0.4, -0.2) is 43.0 Å². The molecule has 1 unspecified atom stereocenters. The molecule has 0 fully saturated rings. The van der Waals surface area contributed by atoms with Gasteiger partial charge in [0.05, 0.1) is 6.04 Å². The van der Waals surface area contributed by atoms with Crippen LogP contribution in [0.2, 0.25) is 0 Å². The van der Waals surface area contributed by atoms with Gasteiger partial charge in [-0.3, -0.25) is 4.90 Å². The van der Waals surface area contributed by atoms with Gasteiger partial charge in [0.25, 0.3) is 0 Å². The standard InChI is InChI=1S/C24H49NO2/c1-9-17-18-19-20-21-22(25(13-5)14-6)24(26-15-7,27-16-8)23(10-2,11-3)12-4/h10,22H,2,9,11-21H2,1,3-8H3. The molecule has 0 radical (unpaired) electrons. The molecule has 1 atom stereocenters. The third-order valence-corrected chi connectivity index (χ3v) is 6.34. The molecule has 0 heterocycles. The monoisotopic (exact) mass is 383 g/mol. The summed E-state index contributed by atoms with van der Waals surface area (Å²) in [4.78, 5) is 2.55. The highest BCUT2D eigenvalue weighted by Gasteiger charge is 2.55. The molecule has 0 aliphatic rings. The van der Waals surface area contributed by atoms with Crippen molar-refractivity contribution in [3.05, 3.63) is 12.7 Å². The van der Waals surface area contributed by atoms with Crippen molar-refractivity contribution in [2.45, 2.75) is 112 Å². The highest BCUT2D eigenvalue weighted by atomic mass is 16.7. The number of ether oxygens (including phenoxy) is 2. The van der Waals surface area contributed by atoms with Gasteiger partial charge in [-0.2, -0.15) is 0 Å². The maximum Gasteiger partial charge on any atom is 0.192 e.